The van der Waals surface area contributed by atoms with E-state index in [0.29, 0.717) is 31.0 Å². The number of benzene rings is 1. The first-order valence-electron chi connectivity index (χ1n) is 10.4. The Balaban J connectivity index is 1.42. The number of carbonyl (C=O) groups excluding carboxylic acids is 1. The molecule has 3 aliphatic rings. The second-order valence-electron chi connectivity index (χ2n) is 8.53. The number of hydrogen-bond donors (Lipinski definition) is 1. The predicted molar refractivity (Wildman–Crippen MR) is 110 cm³/mol. The lowest BCUT2D eigenvalue weighted by Crippen LogP contribution is -2.30. The molecule has 0 unspecified atom stereocenters. The lowest BCUT2D eigenvalue weighted by atomic mass is 9.99. The molecule has 0 radical (unpaired) electrons. The van der Waals surface area contributed by atoms with Gasteiger partial charge < -0.3 is 18.6 Å². The number of aromatic nitrogens is 2. The average Bonchev–Trinajstić information content (AvgIpc) is 3.44. The summed E-state index contributed by atoms with van der Waals surface area (Å²) in [6.07, 6.45) is 4.75. The molecule has 1 aromatic heterocycles. The van der Waals surface area contributed by atoms with E-state index >= 15 is 0 Å². The van der Waals surface area contributed by atoms with Crippen molar-refractivity contribution in [2.75, 3.05) is 5.32 Å². The number of rotatable bonds is 3. The highest BCUT2D eigenvalue weighted by molar-refractivity contribution is 7.75. The van der Waals surface area contributed by atoms with Crippen molar-refractivity contribution >= 4 is 22.3 Å². The van der Waals surface area contributed by atoms with Gasteiger partial charge in [-0.25, -0.2) is 13.9 Å². The van der Waals surface area contributed by atoms with Crippen LogP contribution in [0.15, 0.2) is 21.5 Å². The summed E-state index contributed by atoms with van der Waals surface area (Å²) in [6, 6.07) is 1.38. The Bertz CT molecular complexity index is 1140. The fraction of sp³-hybridized carbons (Fsp3) is 0.524. The number of hydrogen-bond acceptors (Lipinski definition) is 5. The minimum absolute atomic E-state index is 0.287. The number of urea groups is 1. The molecule has 5 rings (SSSR count). The number of carbonyl (C=O) groups is 1. The zero-order chi connectivity index (χ0) is 21.0. The van der Waals surface area contributed by atoms with Crippen LogP contribution in [0.5, 0.6) is 5.88 Å². The van der Waals surface area contributed by atoms with Gasteiger partial charge in [-0.2, -0.15) is 5.10 Å². The molecule has 2 aliphatic carbocycles. The van der Waals surface area contributed by atoms with Crippen molar-refractivity contribution in [3.8, 4) is 5.88 Å². The molecule has 0 saturated carbocycles. The molecule has 2 heterocycles. The molecule has 0 saturated heterocycles. The molecule has 2 amide bonds. The van der Waals surface area contributed by atoms with Crippen LogP contribution < -0.4 is 10.1 Å². The van der Waals surface area contributed by atoms with E-state index in [4.69, 9.17) is 4.74 Å². The number of ether oxygens (including phenoxy) is 1. The third kappa shape index (κ3) is 3.19. The average molecular weight is 432 g/mol. The number of nitrogens with zero attached hydrogens (tertiary/aromatic N) is 3. The Labute approximate surface area is 176 Å². The van der Waals surface area contributed by atoms with Crippen LogP contribution in [0.2, 0.25) is 0 Å². The lowest BCUT2D eigenvalue weighted by Gasteiger charge is -2.21. The summed E-state index contributed by atoms with van der Waals surface area (Å²) in [5, 5.41) is 7.04. The summed E-state index contributed by atoms with van der Waals surface area (Å²) in [4.78, 5) is 12.9. The van der Waals surface area contributed by atoms with E-state index in [9.17, 15) is 13.4 Å². The normalized spacial score (nSPS) is 25.0. The van der Waals surface area contributed by atoms with Crippen molar-refractivity contribution in [3.05, 3.63) is 34.5 Å². The van der Waals surface area contributed by atoms with Gasteiger partial charge in [0.2, 0.25) is 0 Å². The lowest BCUT2D eigenvalue weighted by molar-refractivity contribution is 0.105. The van der Waals surface area contributed by atoms with Crippen LogP contribution in [0.1, 0.15) is 48.9 Å². The molecule has 2 aromatic rings. The molecule has 0 bridgehead atoms. The number of fused-ring (bicyclic) bond motifs is 3. The molecule has 9 heteroatoms. The van der Waals surface area contributed by atoms with Crippen molar-refractivity contribution in [2.45, 2.75) is 75.6 Å². The van der Waals surface area contributed by atoms with Gasteiger partial charge in [0.05, 0.1) is 6.54 Å². The Morgan fingerprint density at radius 1 is 1.40 bits per heavy atom. The van der Waals surface area contributed by atoms with E-state index in [1.807, 2.05) is 13.8 Å². The van der Waals surface area contributed by atoms with Crippen molar-refractivity contribution in [1.29, 1.82) is 0 Å². The van der Waals surface area contributed by atoms with E-state index in [0.717, 1.165) is 42.4 Å². The molecule has 1 aliphatic heterocycles. The first-order valence-corrected chi connectivity index (χ1v) is 11.5. The molecule has 30 heavy (non-hydrogen) atoms. The van der Waals surface area contributed by atoms with E-state index < -0.39 is 28.4 Å². The molecule has 0 spiro atoms. The van der Waals surface area contributed by atoms with Crippen LogP contribution in [0.25, 0.3) is 0 Å². The minimum atomic E-state index is -1.95. The number of alkyl halides is 1. The van der Waals surface area contributed by atoms with Gasteiger partial charge in [-0.05, 0) is 59.8 Å². The third-order valence-electron chi connectivity index (χ3n) is 6.39. The van der Waals surface area contributed by atoms with Gasteiger partial charge in [0.15, 0.2) is 5.88 Å². The number of anilines is 1. The topological polar surface area (TPSA) is 85.6 Å². The highest BCUT2D eigenvalue weighted by atomic mass is 32.2. The Hall–Kier alpha value is -2.42. The fourth-order valence-corrected chi connectivity index (χ4v) is 5.39. The smallest absolute Gasteiger partial charge is 0.322 e. The molecule has 2 atom stereocenters. The summed E-state index contributed by atoms with van der Waals surface area (Å²) in [7, 11) is -1.95. The Morgan fingerprint density at radius 3 is 3.03 bits per heavy atom. The summed E-state index contributed by atoms with van der Waals surface area (Å²) in [6.45, 7) is 4.54. The molecule has 1 aromatic carbocycles. The minimum Gasteiger partial charge on any atom is -0.471 e. The van der Waals surface area contributed by atoms with Gasteiger partial charge in [0, 0.05) is 24.7 Å². The molecular weight excluding hydrogens is 407 g/mol. The zero-order valence-electron chi connectivity index (χ0n) is 17.0. The third-order valence-corrected chi connectivity index (χ3v) is 7.38. The summed E-state index contributed by atoms with van der Waals surface area (Å²) < 4.78 is 38.2. The zero-order valence-corrected chi connectivity index (χ0v) is 17.9. The number of nitrogens with one attached hydrogen (secondary N) is 1. The first-order chi connectivity index (χ1) is 14.4. The second-order valence-corrected chi connectivity index (χ2v) is 9.65. The number of halogens is 1. The van der Waals surface area contributed by atoms with Crippen LogP contribution >= 0.6 is 0 Å². The highest BCUT2D eigenvalue weighted by Crippen LogP contribution is 2.39. The standard InChI is InChI=1S/C21H24FN4O3S/c1-3-21(2)11-26-19(29-21)17(10-23-26)30(28)25-20(27)24-18-15-6-4-5-12(15)7-13-8-14(22)9-16(13)18/h7,10,14H,3-6,8-9,11H2,1-2H3,(H,24,27)/q-1/t14-,21+/m0/s1. The maximum Gasteiger partial charge on any atom is 0.322 e. The van der Waals surface area contributed by atoms with E-state index in [1.54, 1.807) is 4.68 Å². The van der Waals surface area contributed by atoms with Gasteiger partial charge in [-0.1, -0.05) is 13.0 Å². The molecule has 7 nitrogen and oxygen atoms in total. The Kier molecular flexibility index (Phi) is 4.61. The van der Waals surface area contributed by atoms with Crippen LogP contribution in [-0.4, -0.2) is 27.6 Å². The quantitative estimate of drug-likeness (QED) is 0.741. The van der Waals surface area contributed by atoms with Crippen molar-refractivity contribution in [3.63, 3.8) is 0 Å². The van der Waals surface area contributed by atoms with Crippen LogP contribution in [-0.2, 0) is 47.0 Å². The Morgan fingerprint density at radius 2 is 2.23 bits per heavy atom. The molecule has 160 valence electrons. The van der Waals surface area contributed by atoms with Crippen LogP contribution in [0, 0.1) is 0 Å². The van der Waals surface area contributed by atoms with E-state index in [2.05, 4.69) is 20.8 Å². The maximum absolute atomic E-state index is 14.0. The number of amides is 2. The SMILES string of the molecule is CC[C@]1(C)Cn2ncc([S-](=O)=NC(=O)Nc3c4c(cc5c3C[C@@H](F)C5)CCC4)c2O1. The molecule has 0 fully saturated rings. The first kappa shape index (κ1) is 19.5. The summed E-state index contributed by atoms with van der Waals surface area (Å²) in [5.74, 6) is 0.399. The molecular formula is C21H24FN4O3S-. The van der Waals surface area contributed by atoms with Crippen LogP contribution in [0.3, 0.4) is 0 Å². The van der Waals surface area contributed by atoms with Crippen LogP contribution in [0.4, 0.5) is 14.9 Å². The van der Waals surface area contributed by atoms with E-state index in [1.165, 1.54) is 11.8 Å². The molecule has 1 N–H and O–H groups in total. The highest BCUT2D eigenvalue weighted by Gasteiger charge is 2.34. The second kappa shape index (κ2) is 7.08. The predicted octanol–water partition coefficient (Wildman–Crippen LogP) is 4.11. The summed E-state index contributed by atoms with van der Waals surface area (Å²) in [5.41, 5.74) is 4.30. The largest absolute Gasteiger partial charge is 0.471 e. The van der Waals surface area contributed by atoms with Crippen molar-refractivity contribution in [1.82, 2.24) is 9.78 Å². The number of aryl methyl sites for hydroxylation is 1. The maximum atomic E-state index is 14.0. The van der Waals surface area contributed by atoms with Gasteiger partial charge in [-0.3, -0.25) is 0 Å². The van der Waals surface area contributed by atoms with Crippen molar-refractivity contribution < 1.29 is 18.1 Å². The monoisotopic (exact) mass is 431 g/mol. The van der Waals surface area contributed by atoms with Gasteiger partial charge in [0.25, 0.3) is 0 Å². The van der Waals surface area contributed by atoms with Gasteiger partial charge in [0.1, 0.15) is 11.8 Å². The fourth-order valence-electron chi connectivity index (χ4n) is 4.66. The van der Waals surface area contributed by atoms with E-state index in [-0.39, 0.29) is 4.90 Å². The van der Waals surface area contributed by atoms with Crippen molar-refractivity contribution in [2.24, 2.45) is 4.36 Å². The summed E-state index contributed by atoms with van der Waals surface area (Å²) >= 11 is 0. The van der Waals surface area contributed by atoms with Gasteiger partial charge >= 0.3 is 6.03 Å². The van der Waals surface area contributed by atoms with Gasteiger partial charge in [-0.15, -0.1) is 10.6 Å².